The number of rotatable bonds is 7. The van der Waals surface area contributed by atoms with Crippen LogP contribution in [-0.2, 0) is 4.74 Å². The number of benzene rings is 1. The first-order chi connectivity index (χ1) is 14.2. The fourth-order valence-electron chi connectivity index (χ4n) is 3.25. The van der Waals surface area contributed by atoms with E-state index in [0.29, 0.717) is 22.2 Å². The van der Waals surface area contributed by atoms with E-state index in [1.165, 1.54) is 11.3 Å². The van der Waals surface area contributed by atoms with Gasteiger partial charge in [-0.25, -0.2) is 4.98 Å². The first-order valence-corrected chi connectivity index (χ1v) is 11.1. The Morgan fingerprint density at radius 1 is 1.34 bits per heavy atom. The molecule has 1 aliphatic heterocycles. The van der Waals surface area contributed by atoms with Crippen molar-refractivity contribution in [3.05, 3.63) is 28.8 Å². The third-order valence-corrected chi connectivity index (χ3v) is 6.74. The third kappa shape index (κ3) is 4.55. The van der Waals surface area contributed by atoms with Gasteiger partial charge in [-0.1, -0.05) is 15.8 Å². The fourth-order valence-corrected chi connectivity index (χ4v) is 4.83. The number of nitrogens with zero attached hydrogens (tertiary/aromatic N) is 5. The number of anilines is 1. The molecule has 0 saturated carbocycles. The van der Waals surface area contributed by atoms with Crippen LogP contribution in [0.1, 0.15) is 21.8 Å². The molecule has 3 aromatic rings. The van der Waals surface area contributed by atoms with Gasteiger partial charge in [0.05, 0.1) is 36.2 Å². The summed E-state index contributed by atoms with van der Waals surface area (Å²) in [7, 11) is 1.63. The summed E-state index contributed by atoms with van der Waals surface area (Å²) in [6.07, 6.45) is 0.857. The Morgan fingerprint density at radius 3 is 2.90 bits per heavy atom. The van der Waals surface area contributed by atoms with Gasteiger partial charge in [0.1, 0.15) is 10.6 Å². The Morgan fingerprint density at radius 2 is 2.17 bits per heavy atom. The van der Waals surface area contributed by atoms with Gasteiger partial charge in [0.15, 0.2) is 5.13 Å². The molecule has 0 bridgehead atoms. The highest BCUT2D eigenvalue weighted by Gasteiger charge is 2.25. The molecule has 4 rings (SSSR count). The fraction of sp³-hybridized carbons (Fsp3) is 0.474. The molecule has 1 aromatic carbocycles. The van der Waals surface area contributed by atoms with Gasteiger partial charge in [-0.15, -0.1) is 5.10 Å². The molecule has 1 saturated heterocycles. The van der Waals surface area contributed by atoms with E-state index in [2.05, 4.69) is 14.5 Å². The lowest BCUT2D eigenvalue weighted by atomic mass is 10.3. The van der Waals surface area contributed by atoms with Gasteiger partial charge in [-0.05, 0) is 37.0 Å². The number of thiazole rings is 1. The number of amides is 1. The topological polar surface area (TPSA) is 80.7 Å². The van der Waals surface area contributed by atoms with E-state index >= 15 is 0 Å². The minimum absolute atomic E-state index is 0.0921. The number of fused-ring (bicyclic) bond motifs is 1. The second kappa shape index (κ2) is 9.12. The highest BCUT2D eigenvalue weighted by molar-refractivity contribution is 7.22. The van der Waals surface area contributed by atoms with Gasteiger partial charge in [-0.3, -0.25) is 14.6 Å². The lowest BCUT2D eigenvalue weighted by Crippen LogP contribution is -2.39. The number of hydrogen-bond acceptors (Lipinski definition) is 9. The number of carbonyl (C=O) groups excluding carboxylic acids is 1. The Hall–Kier alpha value is -2.14. The number of aromatic nitrogens is 3. The lowest BCUT2D eigenvalue weighted by molar-refractivity contribution is 0.0376. The summed E-state index contributed by atoms with van der Waals surface area (Å²) in [5.41, 5.74) is 1.48. The Balaban J connectivity index is 1.57. The van der Waals surface area contributed by atoms with E-state index in [1.54, 1.807) is 12.0 Å². The molecular formula is C19H23N5O3S2. The van der Waals surface area contributed by atoms with Crippen LogP contribution in [0.4, 0.5) is 5.13 Å². The summed E-state index contributed by atoms with van der Waals surface area (Å²) in [5, 5.41) is 4.69. The largest absolute Gasteiger partial charge is 0.497 e. The number of morpholine rings is 1. The quantitative estimate of drug-likeness (QED) is 0.567. The number of methoxy groups -OCH3 is 1. The van der Waals surface area contributed by atoms with Crippen molar-refractivity contribution in [3.63, 3.8) is 0 Å². The maximum Gasteiger partial charge on any atom is 0.273 e. The summed E-state index contributed by atoms with van der Waals surface area (Å²) in [5.74, 6) is 0.660. The summed E-state index contributed by atoms with van der Waals surface area (Å²) < 4.78 is 15.7. The molecule has 2 aromatic heterocycles. The summed E-state index contributed by atoms with van der Waals surface area (Å²) in [4.78, 5) is 22.7. The molecule has 0 unspecified atom stereocenters. The van der Waals surface area contributed by atoms with Crippen LogP contribution in [0.15, 0.2) is 18.2 Å². The minimum atomic E-state index is -0.0921. The van der Waals surface area contributed by atoms with Gasteiger partial charge < -0.3 is 9.47 Å². The summed E-state index contributed by atoms with van der Waals surface area (Å²) in [6, 6.07) is 5.78. The van der Waals surface area contributed by atoms with Crippen molar-refractivity contribution >= 4 is 44.1 Å². The van der Waals surface area contributed by atoms with Crippen LogP contribution >= 0.6 is 22.9 Å². The van der Waals surface area contributed by atoms with Gasteiger partial charge in [0.2, 0.25) is 0 Å². The number of hydrogen-bond donors (Lipinski definition) is 0. The van der Waals surface area contributed by atoms with E-state index < -0.39 is 0 Å². The van der Waals surface area contributed by atoms with Gasteiger partial charge >= 0.3 is 0 Å². The molecule has 154 valence electrons. The monoisotopic (exact) mass is 433 g/mol. The van der Waals surface area contributed by atoms with Crippen LogP contribution in [-0.4, -0.2) is 71.9 Å². The SMILES string of the molecule is COc1ccc2sc(N(CCCN3CCOCC3)C(=O)c3snnc3C)nc2c1. The van der Waals surface area contributed by atoms with Crippen molar-refractivity contribution in [3.8, 4) is 5.75 Å². The predicted octanol–water partition coefficient (Wildman–Crippen LogP) is 2.83. The normalized spacial score (nSPS) is 15.0. The predicted molar refractivity (Wildman–Crippen MR) is 114 cm³/mol. The number of carbonyl (C=O) groups is 1. The molecule has 0 aliphatic carbocycles. The second-order valence-corrected chi connectivity index (χ2v) is 8.55. The highest BCUT2D eigenvalue weighted by Crippen LogP contribution is 2.32. The standard InChI is InChI=1S/C19H23N5O3S2/c1-13-17(29-22-21-13)18(25)24(7-3-6-23-8-10-27-11-9-23)19-20-15-12-14(26-2)4-5-16(15)28-19/h4-5,12H,3,6-11H2,1-2H3. The van der Waals surface area contributed by atoms with E-state index in [9.17, 15) is 4.79 Å². The van der Waals surface area contributed by atoms with Crippen LogP contribution in [0.3, 0.4) is 0 Å². The molecular weight excluding hydrogens is 410 g/mol. The molecule has 29 heavy (non-hydrogen) atoms. The molecule has 0 spiro atoms. The van der Waals surface area contributed by atoms with Crippen molar-refractivity contribution in [2.75, 3.05) is 51.4 Å². The maximum atomic E-state index is 13.3. The second-order valence-electron chi connectivity index (χ2n) is 6.78. The Bertz CT molecular complexity index is 983. The first-order valence-electron chi connectivity index (χ1n) is 9.51. The highest BCUT2D eigenvalue weighted by atomic mass is 32.1. The zero-order valence-electron chi connectivity index (χ0n) is 16.5. The minimum Gasteiger partial charge on any atom is -0.497 e. The molecule has 1 amide bonds. The zero-order valence-corrected chi connectivity index (χ0v) is 18.1. The molecule has 10 heteroatoms. The molecule has 0 atom stereocenters. The number of aryl methyl sites for hydroxylation is 1. The van der Waals surface area contributed by atoms with Crippen LogP contribution in [0.2, 0.25) is 0 Å². The van der Waals surface area contributed by atoms with Crippen LogP contribution in [0.25, 0.3) is 10.2 Å². The molecule has 0 N–H and O–H groups in total. The van der Waals surface area contributed by atoms with E-state index in [1.807, 2.05) is 25.1 Å². The van der Waals surface area contributed by atoms with Crippen molar-refractivity contribution in [2.45, 2.75) is 13.3 Å². The van der Waals surface area contributed by atoms with Crippen molar-refractivity contribution < 1.29 is 14.3 Å². The van der Waals surface area contributed by atoms with E-state index in [4.69, 9.17) is 14.5 Å². The maximum absolute atomic E-state index is 13.3. The average Bonchev–Trinajstić information content (AvgIpc) is 3.36. The third-order valence-electron chi connectivity index (χ3n) is 4.87. The lowest BCUT2D eigenvalue weighted by Gasteiger charge is -2.27. The molecule has 3 heterocycles. The Kier molecular flexibility index (Phi) is 6.34. The summed E-state index contributed by atoms with van der Waals surface area (Å²) in [6.45, 7) is 6.74. The van der Waals surface area contributed by atoms with Gasteiger partial charge in [0, 0.05) is 32.2 Å². The van der Waals surface area contributed by atoms with Gasteiger partial charge in [-0.2, -0.15) is 0 Å². The van der Waals surface area contributed by atoms with E-state index in [-0.39, 0.29) is 5.91 Å². The van der Waals surface area contributed by atoms with E-state index in [0.717, 1.165) is 66.8 Å². The molecule has 1 aliphatic rings. The molecule has 0 radical (unpaired) electrons. The average molecular weight is 434 g/mol. The van der Waals surface area contributed by atoms with Crippen LogP contribution < -0.4 is 9.64 Å². The van der Waals surface area contributed by atoms with Crippen molar-refractivity contribution in [1.29, 1.82) is 0 Å². The first kappa shape index (κ1) is 20.1. The van der Waals surface area contributed by atoms with Crippen LogP contribution in [0, 0.1) is 6.92 Å². The van der Waals surface area contributed by atoms with Crippen LogP contribution in [0.5, 0.6) is 5.75 Å². The molecule has 8 nitrogen and oxygen atoms in total. The van der Waals surface area contributed by atoms with Crippen molar-refractivity contribution in [1.82, 2.24) is 19.5 Å². The van der Waals surface area contributed by atoms with Gasteiger partial charge in [0.25, 0.3) is 5.91 Å². The zero-order chi connectivity index (χ0) is 20.2. The summed E-state index contributed by atoms with van der Waals surface area (Å²) >= 11 is 2.64. The smallest absolute Gasteiger partial charge is 0.273 e. The molecule has 1 fully saturated rings. The Labute approximate surface area is 177 Å². The number of ether oxygens (including phenoxy) is 2. The van der Waals surface area contributed by atoms with Crippen molar-refractivity contribution in [2.24, 2.45) is 0 Å².